The van der Waals surface area contributed by atoms with E-state index in [1.165, 1.54) is 30.0 Å². The number of hydrogen-bond donors (Lipinski definition) is 0. The summed E-state index contributed by atoms with van der Waals surface area (Å²) in [4.78, 5) is 17.6. The number of amides is 1. The van der Waals surface area contributed by atoms with E-state index >= 15 is 0 Å². The zero-order chi connectivity index (χ0) is 22.9. The van der Waals surface area contributed by atoms with E-state index in [1.54, 1.807) is 4.90 Å². The molecule has 1 amide bonds. The molecular weight excluding hydrogens is 406 g/mol. The lowest BCUT2D eigenvalue weighted by Gasteiger charge is -2.30. The van der Waals surface area contributed by atoms with Gasteiger partial charge in [-0.25, -0.2) is 8.78 Å². The summed E-state index contributed by atoms with van der Waals surface area (Å²) < 4.78 is 28.9. The van der Waals surface area contributed by atoms with Gasteiger partial charge in [0.25, 0.3) is 5.91 Å². The zero-order valence-corrected chi connectivity index (χ0v) is 19.5. The quantitative estimate of drug-likeness (QED) is 0.547. The Hall–Kier alpha value is -2.27. The second-order valence-electron chi connectivity index (χ2n) is 9.75. The molecule has 0 aromatic heterocycles. The monoisotopic (exact) mass is 440 g/mol. The number of carbonyl (C=O) groups is 1. The van der Waals surface area contributed by atoms with Crippen molar-refractivity contribution in [2.24, 2.45) is 0 Å². The smallest absolute Gasteiger partial charge is 0.264 e. The van der Waals surface area contributed by atoms with Crippen molar-refractivity contribution >= 4 is 11.6 Å². The predicted molar refractivity (Wildman–Crippen MR) is 125 cm³/mol. The van der Waals surface area contributed by atoms with Crippen LogP contribution in [0, 0.1) is 11.6 Å². The third kappa shape index (κ3) is 4.19. The molecule has 2 heterocycles. The Morgan fingerprint density at radius 3 is 2.53 bits per heavy atom. The first-order valence-electron chi connectivity index (χ1n) is 12.0. The molecule has 5 heteroatoms. The Bertz CT molecular complexity index is 969. The summed E-state index contributed by atoms with van der Waals surface area (Å²) in [6, 6.07) is 9.88. The molecule has 0 N–H and O–H groups in total. The van der Waals surface area contributed by atoms with E-state index in [-0.39, 0.29) is 5.41 Å². The van der Waals surface area contributed by atoms with Crippen LogP contribution >= 0.6 is 0 Å². The highest BCUT2D eigenvalue weighted by Gasteiger charge is 2.46. The van der Waals surface area contributed by atoms with Crippen LogP contribution in [0.4, 0.5) is 14.5 Å². The number of rotatable bonds is 5. The number of likely N-dealkylation sites (tertiary alicyclic amines) is 1. The molecule has 32 heavy (non-hydrogen) atoms. The van der Waals surface area contributed by atoms with Gasteiger partial charge in [-0.15, -0.1) is 0 Å². The molecule has 0 saturated carbocycles. The Labute approximate surface area is 190 Å². The molecule has 2 aromatic carbocycles. The molecule has 172 valence electrons. The van der Waals surface area contributed by atoms with E-state index in [1.807, 2.05) is 12.1 Å². The maximum Gasteiger partial charge on any atom is 0.264 e. The van der Waals surface area contributed by atoms with Gasteiger partial charge in [0, 0.05) is 17.6 Å². The Morgan fingerprint density at radius 2 is 1.84 bits per heavy atom. The summed E-state index contributed by atoms with van der Waals surface area (Å²) >= 11 is 0. The third-order valence-electron chi connectivity index (χ3n) is 7.30. The summed E-state index contributed by atoms with van der Waals surface area (Å²) in [5, 5.41) is 0. The highest BCUT2D eigenvalue weighted by Crippen LogP contribution is 2.48. The average molecular weight is 441 g/mol. The lowest BCUT2D eigenvalue weighted by molar-refractivity contribution is 0.0975. The van der Waals surface area contributed by atoms with Crippen molar-refractivity contribution in [1.29, 1.82) is 0 Å². The molecule has 1 unspecified atom stereocenters. The van der Waals surface area contributed by atoms with Crippen LogP contribution < -0.4 is 4.90 Å². The molecule has 0 bridgehead atoms. The fraction of sp³-hybridized carbons (Fsp3) is 0.519. The van der Waals surface area contributed by atoms with Gasteiger partial charge in [-0.2, -0.15) is 0 Å². The van der Waals surface area contributed by atoms with Gasteiger partial charge in [0.2, 0.25) is 0 Å². The van der Waals surface area contributed by atoms with Gasteiger partial charge >= 0.3 is 0 Å². The van der Waals surface area contributed by atoms with Crippen molar-refractivity contribution in [3.63, 3.8) is 0 Å². The summed E-state index contributed by atoms with van der Waals surface area (Å²) in [5.74, 6) is -1.81. The second-order valence-corrected chi connectivity index (χ2v) is 9.75. The predicted octanol–water partition coefficient (Wildman–Crippen LogP) is 6.27. The molecular formula is C27H34F2N2O. The fourth-order valence-electron chi connectivity index (χ4n) is 5.35. The molecule has 1 spiro atoms. The summed E-state index contributed by atoms with van der Waals surface area (Å²) in [7, 11) is 0. The lowest BCUT2D eigenvalue weighted by atomic mass is 9.75. The largest absolute Gasteiger partial charge is 0.307 e. The van der Waals surface area contributed by atoms with E-state index < -0.39 is 23.1 Å². The first-order valence-corrected chi connectivity index (χ1v) is 12.0. The van der Waals surface area contributed by atoms with Gasteiger partial charge < -0.3 is 9.80 Å². The molecule has 2 aliphatic rings. The van der Waals surface area contributed by atoms with Crippen molar-refractivity contribution in [3.8, 4) is 0 Å². The minimum Gasteiger partial charge on any atom is -0.307 e. The normalized spacial score (nSPS) is 21.2. The Kier molecular flexibility index (Phi) is 6.66. The van der Waals surface area contributed by atoms with Gasteiger partial charge in [-0.05, 0) is 80.6 Å². The molecule has 3 nitrogen and oxygen atoms in total. The lowest BCUT2D eigenvalue weighted by Crippen LogP contribution is -2.38. The van der Waals surface area contributed by atoms with Crippen molar-refractivity contribution in [2.45, 2.75) is 64.2 Å². The van der Waals surface area contributed by atoms with Crippen LogP contribution in [0.5, 0.6) is 0 Å². The Morgan fingerprint density at radius 1 is 1.09 bits per heavy atom. The molecule has 0 aliphatic carbocycles. The number of nitrogens with zero attached hydrogens (tertiary/aromatic N) is 2. The average Bonchev–Trinajstić information content (AvgIpc) is 2.93. The minimum atomic E-state index is -0.803. The zero-order valence-electron chi connectivity index (χ0n) is 19.5. The van der Waals surface area contributed by atoms with Crippen molar-refractivity contribution in [2.75, 3.05) is 31.1 Å². The summed E-state index contributed by atoms with van der Waals surface area (Å²) in [6.45, 7) is 10.2. The summed E-state index contributed by atoms with van der Waals surface area (Å²) in [5.41, 5.74) is 2.59. The molecule has 1 saturated heterocycles. The number of fused-ring (bicyclic) bond motifs is 2. The van der Waals surface area contributed by atoms with Crippen LogP contribution in [0.3, 0.4) is 0 Å². The van der Waals surface area contributed by atoms with Gasteiger partial charge in [-0.1, -0.05) is 45.4 Å². The highest BCUT2D eigenvalue weighted by molar-refractivity contribution is 6.08. The maximum atomic E-state index is 14.5. The molecule has 4 rings (SSSR count). The van der Waals surface area contributed by atoms with Crippen LogP contribution in [0.1, 0.15) is 80.3 Å². The molecule has 2 aromatic rings. The van der Waals surface area contributed by atoms with Crippen molar-refractivity contribution in [1.82, 2.24) is 4.90 Å². The van der Waals surface area contributed by atoms with Crippen LogP contribution in [0.25, 0.3) is 0 Å². The molecule has 2 aliphatic heterocycles. The number of anilines is 1. The first-order chi connectivity index (χ1) is 15.4. The van der Waals surface area contributed by atoms with Crippen LogP contribution in [-0.2, 0) is 5.41 Å². The molecule has 1 atom stereocenters. The van der Waals surface area contributed by atoms with Crippen molar-refractivity contribution in [3.05, 3.63) is 64.7 Å². The van der Waals surface area contributed by atoms with Crippen molar-refractivity contribution < 1.29 is 13.6 Å². The number of hydrogen-bond acceptors (Lipinski definition) is 2. The van der Waals surface area contributed by atoms with E-state index in [2.05, 4.69) is 31.7 Å². The van der Waals surface area contributed by atoms with E-state index in [0.717, 1.165) is 56.7 Å². The number of halogens is 2. The van der Waals surface area contributed by atoms with Crippen LogP contribution in [-0.4, -0.2) is 37.0 Å². The maximum absolute atomic E-state index is 14.5. The number of unbranched alkanes of at least 4 members (excludes halogenated alkanes) is 1. The Balaban J connectivity index is 1.73. The fourth-order valence-corrected chi connectivity index (χ4v) is 5.35. The van der Waals surface area contributed by atoms with E-state index in [4.69, 9.17) is 0 Å². The summed E-state index contributed by atoms with van der Waals surface area (Å²) in [6.07, 6.45) is 5.37. The second kappa shape index (κ2) is 9.30. The third-order valence-corrected chi connectivity index (χ3v) is 7.30. The SMILES string of the molecule is CCCCN1CCCC2(CC1)CN(C(=O)c1c(F)cccc1F)c1ccc(C(C)C)cc12. The topological polar surface area (TPSA) is 23.6 Å². The number of benzene rings is 2. The van der Waals surface area contributed by atoms with Gasteiger partial charge in [0.05, 0.1) is 0 Å². The van der Waals surface area contributed by atoms with Crippen LogP contribution in [0.15, 0.2) is 36.4 Å². The highest BCUT2D eigenvalue weighted by atomic mass is 19.1. The first kappa shape index (κ1) is 22.9. The van der Waals surface area contributed by atoms with E-state index in [9.17, 15) is 13.6 Å². The van der Waals surface area contributed by atoms with Crippen LogP contribution in [0.2, 0.25) is 0 Å². The number of carbonyl (C=O) groups excluding carboxylic acids is 1. The van der Waals surface area contributed by atoms with Gasteiger partial charge in [-0.3, -0.25) is 4.79 Å². The van der Waals surface area contributed by atoms with Gasteiger partial charge in [0.1, 0.15) is 17.2 Å². The van der Waals surface area contributed by atoms with E-state index in [0.29, 0.717) is 12.5 Å². The molecule has 0 radical (unpaired) electrons. The van der Waals surface area contributed by atoms with Gasteiger partial charge in [0.15, 0.2) is 0 Å². The molecule has 1 fully saturated rings. The standard InChI is InChI=1S/C27H34F2N2O/c1-4-5-14-30-15-7-12-27(13-16-30)18-31(24-11-10-20(19(2)3)17-21(24)27)26(32)25-22(28)8-6-9-23(25)29/h6,8-11,17,19H,4-5,7,12-16,18H2,1-3H3. The minimum absolute atomic E-state index is 0.168.